The van der Waals surface area contributed by atoms with E-state index in [2.05, 4.69) is 29.4 Å². The molecule has 2 amide bonds. The number of hydrogen-bond acceptors (Lipinski definition) is 3. The van der Waals surface area contributed by atoms with Crippen molar-refractivity contribution in [2.75, 3.05) is 18.4 Å². The number of aromatic amines is 1. The Morgan fingerprint density at radius 2 is 1.93 bits per heavy atom. The fraction of sp³-hybridized carbons (Fsp3) is 0.476. The van der Waals surface area contributed by atoms with E-state index in [0.717, 1.165) is 44.5 Å². The van der Waals surface area contributed by atoms with Gasteiger partial charge in [-0.15, -0.1) is 0 Å². The van der Waals surface area contributed by atoms with Crippen molar-refractivity contribution in [3.63, 3.8) is 0 Å². The molecule has 0 unspecified atom stereocenters. The van der Waals surface area contributed by atoms with E-state index in [-0.39, 0.29) is 29.1 Å². The zero-order valence-electron chi connectivity index (χ0n) is 16.4. The SMILES string of the molecule is CCC(CC)C(=O)N1CCC(c2cc(C(=O)Nc3ccccc3F)n[nH]2)CC1. The zero-order chi connectivity index (χ0) is 20.1. The minimum absolute atomic E-state index is 0.109. The molecule has 1 fully saturated rings. The number of carbonyl (C=O) groups is 2. The number of anilines is 1. The predicted octanol–water partition coefficient (Wildman–Crippen LogP) is 3.94. The monoisotopic (exact) mass is 386 g/mol. The van der Waals surface area contributed by atoms with Gasteiger partial charge < -0.3 is 10.2 Å². The summed E-state index contributed by atoms with van der Waals surface area (Å²) in [6.45, 7) is 5.54. The van der Waals surface area contributed by atoms with E-state index >= 15 is 0 Å². The van der Waals surface area contributed by atoms with Crippen LogP contribution < -0.4 is 5.32 Å². The minimum Gasteiger partial charge on any atom is -0.342 e. The number of benzene rings is 1. The highest BCUT2D eigenvalue weighted by molar-refractivity contribution is 6.02. The lowest BCUT2D eigenvalue weighted by Crippen LogP contribution is -2.41. The molecule has 7 heteroatoms. The fourth-order valence-corrected chi connectivity index (χ4v) is 3.72. The summed E-state index contributed by atoms with van der Waals surface area (Å²) >= 11 is 0. The third-order valence-electron chi connectivity index (χ3n) is 5.53. The second-order valence-electron chi connectivity index (χ2n) is 7.26. The molecule has 0 saturated carbocycles. The van der Waals surface area contributed by atoms with Crippen LogP contribution in [0.25, 0.3) is 0 Å². The molecule has 0 bridgehead atoms. The second-order valence-corrected chi connectivity index (χ2v) is 7.26. The number of piperidine rings is 1. The molecule has 0 radical (unpaired) electrons. The Morgan fingerprint density at radius 1 is 1.25 bits per heavy atom. The lowest BCUT2D eigenvalue weighted by Gasteiger charge is -2.33. The van der Waals surface area contributed by atoms with E-state index < -0.39 is 11.7 Å². The van der Waals surface area contributed by atoms with Crippen molar-refractivity contribution in [1.29, 1.82) is 0 Å². The van der Waals surface area contributed by atoms with Crippen LogP contribution in [0.5, 0.6) is 0 Å². The van der Waals surface area contributed by atoms with Crippen LogP contribution in [-0.2, 0) is 4.79 Å². The second kappa shape index (κ2) is 8.99. The van der Waals surface area contributed by atoms with Crippen molar-refractivity contribution in [2.24, 2.45) is 5.92 Å². The van der Waals surface area contributed by atoms with Crippen molar-refractivity contribution < 1.29 is 14.0 Å². The summed E-state index contributed by atoms with van der Waals surface area (Å²) in [5.74, 6) is -0.348. The van der Waals surface area contributed by atoms with Gasteiger partial charge in [0.2, 0.25) is 5.91 Å². The number of nitrogens with one attached hydrogen (secondary N) is 2. The first-order valence-electron chi connectivity index (χ1n) is 9.93. The van der Waals surface area contributed by atoms with E-state index in [1.54, 1.807) is 18.2 Å². The minimum atomic E-state index is -0.485. The molecule has 3 rings (SSSR count). The predicted molar refractivity (Wildman–Crippen MR) is 106 cm³/mol. The summed E-state index contributed by atoms with van der Waals surface area (Å²) in [7, 11) is 0. The van der Waals surface area contributed by atoms with Crippen molar-refractivity contribution in [2.45, 2.75) is 45.4 Å². The van der Waals surface area contributed by atoms with E-state index in [1.807, 2.05) is 4.90 Å². The molecule has 1 aliphatic rings. The number of likely N-dealkylation sites (tertiary alicyclic amines) is 1. The standard InChI is InChI=1S/C21H27FN4O2/c1-3-14(4-2)21(28)26-11-9-15(10-12-26)18-13-19(25-24-18)20(27)23-17-8-6-5-7-16(17)22/h5-8,13-15H,3-4,9-12H2,1-2H3,(H,23,27)(H,24,25). The van der Waals surface area contributed by atoms with Crippen LogP contribution in [0.3, 0.4) is 0 Å². The van der Waals surface area contributed by atoms with Crippen LogP contribution in [0.2, 0.25) is 0 Å². The van der Waals surface area contributed by atoms with Gasteiger partial charge in [-0.3, -0.25) is 14.7 Å². The highest BCUT2D eigenvalue weighted by atomic mass is 19.1. The zero-order valence-corrected chi connectivity index (χ0v) is 16.4. The first-order chi connectivity index (χ1) is 13.5. The number of aromatic nitrogens is 2. The maximum absolute atomic E-state index is 13.7. The molecule has 2 heterocycles. The van der Waals surface area contributed by atoms with E-state index in [4.69, 9.17) is 0 Å². The van der Waals surface area contributed by atoms with Crippen molar-refractivity contribution in [3.8, 4) is 0 Å². The Kier molecular flexibility index (Phi) is 6.44. The van der Waals surface area contributed by atoms with Gasteiger partial charge in [0.15, 0.2) is 5.69 Å². The summed E-state index contributed by atoms with van der Waals surface area (Å²) in [5, 5.41) is 9.56. The number of H-pyrrole nitrogens is 1. The number of amides is 2. The number of carbonyl (C=O) groups excluding carboxylic acids is 2. The quantitative estimate of drug-likeness (QED) is 0.789. The summed E-state index contributed by atoms with van der Waals surface area (Å²) in [5.41, 5.74) is 1.24. The molecule has 0 atom stereocenters. The molecule has 1 saturated heterocycles. The molecule has 0 aliphatic carbocycles. The molecular weight excluding hydrogens is 359 g/mol. The third-order valence-corrected chi connectivity index (χ3v) is 5.53. The summed E-state index contributed by atoms with van der Waals surface area (Å²) in [4.78, 5) is 26.8. The van der Waals surface area contributed by atoms with Crippen molar-refractivity contribution in [3.05, 3.63) is 47.5 Å². The van der Waals surface area contributed by atoms with Gasteiger partial charge in [0.1, 0.15) is 5.82 Å². The van der Waals surface area contributed by atoms with E-state index in [1.165, 1.54) is 12.1 Å². The summed E-state index contributed by atoms with van der Waals surface area (Å²) in [6.07, 6.45) is 3.41. The van der Waals surface area contributed by atoms with Crippen LogP contribution >= 0.6 is 0 Å². The lowest BCUT2D eigenvalue weighted by molar-refractivity contribution is -0.136. The highest BCUT2D eigenvalue weighted by Gasteiger charge is 2.28. The first kappa shape index (κ1) is 20.0. The number of nitrogens with zero attached hydrogens (tertiary/aromatic N) is 2. The Bertz CT molecular complexity index is 823. The van der Waals surface area contributed by atoms with Crippen LogP contribution in [0.15, 0.2) is 30.3 Å². The average Bonchev–Trinajstić information content (AvgIpc) is 3.21. The van der Waals surface area contributed by atoms with Crippen LogP contribution in [0.4, 0.5) is 10.1 Å². The number of para-hydroxylation sites is 1. The number of halogens is 1. The van der Waals surface area contributed by atoms with Gasteiger partial charge in [-0.05, 0) is 43.9 Å². The molecule has 6 nitrogen and oxygen atoms in total. The van der Waals surface area contributed by atoms with Crippen LogP contribution in [0, 0.1) is 11.7 Å². The Hall–Kier alpha value is -2.70. The number of rotatable bonds is 6. The van der Waals surface area contributed by atoms with Gasteiger partial charge in [0.05, 0.1) is 5.69 Å². The van der Waals surface area contributed by atoms with Gasteiger partial charge >= 0.3 is 0 Å². The van der Waals surface area contributed by atoms with Crippen LogP contribution in [-0.4, -0.2) is 40.0 Å². The van der Waals surface area contributed by atoms with Gasteiger partial charge in [-0.1, -0.05) is 26.0 Å². The maximum atomic E-state index is 13.7. The molecule has 28 heavy (non-hydrogen) atoms. The topological polar surface area (TPSA) is 78.1 Å². The summed E-state index contributed by atoms with van der Waals surface area (Å²) in [6, 6.07) is 7.75. The molecule has 0 spiro atoms. The molecule has 2 N–H and O–H groups in total. The summed E-state index contributed by atoms with van der Waals surface area (Å²) < 4.78 is 13.7. The molecule has 2 aromatic rings. The van der Waals surface area contributed by atoms with Gasteiger partial charge in [0, 0.05) is 30.6 Å². The third kappa shape index (κ3) is 4.40. The smallest absolute Gasteiger partial charge is 0.276 e. The van der Waals surface area contributed by atoms with Gasteiger partial charge in [-0.25, -0.2) is 4.39 Å². The van der Waals surface area contributed by atoms with Crippen molar-refractivity contribution in [1.82, 2.24) is 15.1 Å². The Balaban J connectivity index is 1.58. The van der Waals surface area contributed by atoms with Gasteiger partial charge in [0.25, 0.3) is 5.91 Å². The first-order valence-corrected chi connectivity index (χ1v) is 9.93. The van der Waals surface area contributed by atoms with E-state index in [9.17, 15) is 14.0 Å². The van der Waals surface area contributed by atoms with Crippen LogP contribution in [0.1, 0.15) is 61.6 Å². The fourth-order valence-electron chi connectivity index (χ4n) is 3.72. The highest BCUT2D eigenvalue weighted by Crippen LogP contribution is 2.28. The molecular formula is C21H27FN4O2. The molecule has 1 aromatic carbocycles. The largest absolute Gasteiger partial charge is 0.342 e. The lowest BCUT2D eigenvalue weighted by atomic mass is 9.92. The normalized spacial score (nSPS) is 15.1. The van der Waals surface area contributed by atoms with E-state index in [0.29, 0.717) is 0 Å². The Labute approximate surface area is 164 Å². The average molecular weight is 386 g/mol. The maximum Gasteiger partial charge on any atom is 0.276 e. The molecule has 1 aliphatic heterocycles. The molecule has 1 aromatic heterocycles. The molecule has 150 valence electrons. The Morgan fingerprint density at radius 3 is 2.57 bits per heavy atom. The van der Waals surface area contributed by atoms with Crippen molar-refractivity contribution >= 4 is 17.5 Å². The number of hydrogen-bond donors (Lipinski definition) is 2. The van der Waals surface area contributed by atoms with Gasteiger partial charge in [-0.2, -0.15) is 5.10 Å².